The molecular weight excluding hydrogens is 298 g/mol. The highest BCUT2D eigenvalue weighted by atomic mass is 32.1. The Balaban J connectivity index is 1.88. The average molecular weight is 309 g/mol. The van der Waals surface area contributed by atoms with Crippen molar-refractivity contribution in [1.29, 1.82) is 0 Å². The fraction of sp³-hybridized carbons (Fsp3) is 0.0625. The Labute approximate surface area is 130 Å². The van der Waals surface area contributed by atoms with Crippen molar-refractivity contribution in [3.63, 3.8) is 0 Å². The molecule has 108 valence electrons. The van der Waals surface area contributed by atoms with Gasteiger partial charge >= 0.3 is 0 Å². The minimum atomic E-state index is -0.0907. The van der Waals surface area contributed by atoms with Crippen LogP contribution in [0.25, 0.3) is 0 Å². The maximum atomic E-state index is 12.8. The number of oxime groups is 1. The van der Waals surface area contributed by atoms with Crippen molar-refractivity contribution in [2.24, 2.45) is 5.16 Å². The molecule has 0 saturated heterocycles. The van der Waals surface area contributed by atoms with Crippen LogP contribution in [0.4, 0.5) is 0 Å². The van der Waals surface area contributed by atoms with Crippen molar-refractivity contribution in [2.75, 3.05) is 0 Å². The van der Waals surface area contributed by atoms with E-state index in [9.17, 15) is 10.0 Å². The van der Waals surface area contributed by atoms with Gasteiger partial charge in [0.2, 0.25) is 5.78 Å². The first-order chi connectivity index (χ1) is 10.8. The fourth-order valence-corrected chi connectivity index (χ4v) is 3.43. The third kappa shape index (κ3) is 1.81. The Morgan fingerprint density at radius 2 is 2.00 bits per heavy atom. The van der Waals surface area contributed by atoms with Crippen LogP contribution in [0.15, 0.2) is 53.3 Å². The average Bonchev–Trinajstić information content (AvgIpc) is 3.19. The number of imidazole rings is 1. The quantitative estimate of drug-likeness (QED) is 0.457. The van der Waals surface area contributed by atoms with E-state index in [-0.39, 0.29) is 5.78 Å². The van der Waals surface area contributed by atoms with Gasteiger partial charge in [0, 0.05) is 16.0 Å². The van der Waals surface area contributed by atoms with Crippen molar-refractivity contribution in [2.45, 2.75) is 6.54 Å². The van der Waals surface area contributed by atoms with Gasteiger partial charge in [0.25, 0.3) is 0 Å². The van der Waals surface area contributed by atoms with Gasteiger partial charge < -0.3 is 9.77 Å². The number of carbonyl (C=O) groups excluding carboxylic acids is 1. The van der Waals surface area contributed by atoms with E-state index >= 15 is 0 Å². The number of carbonyl (C=O) groups is 1. The number of fused-ring (bicyclic) bond motifs is 2. The van der Waals surface area contributed by atoms with E-state index in [2.05, 4.69) is 10.1 Å². The van der Waals surface area contributed by atoms with Crippen LogP contribution in [-0.2, 0) is 6.54 Å². The van der Waals surface area contributed by atoms with E-state index in [1.807, 2.05) is 28.1 Å². The summed E-state index contributed by atoms with van der Waals surface area (Å²) >= 11 is 1.63. The first-order valence-corrected chi connectivity index (χ1v) is 7.61. The number of rotatable bonds is 2. The first kappa shape index (κ1) is 13.0. The maximum Gasteiger partial charge on any atom is 0.212 e. The number of aromatic nitrogens is 2. The molecule has 6 heteroatoms. The van der Waals surface area contributed by atoms with Crippen molar-refractivity contribution in [3.05, 3.63) is 75.5 Å². The Kier molecular flexibility index (Phi) is 2.90. The van der Waals surface area contributed by atoms with Crippen molar-refractivity contribution in [3.8, 4) is 0 Å². The minimum absolute atomic E-state index is 0.0907. The highest BCUT2D eigenvalue weighted by Crippen LogP contribution is 2.27. The second-order valence-corrected chi connectivity index (χ2v) is 6.00. The van der Waals surface area contributed by atoms with Gasteiger partial charge in [-0.15, -0.1) is 11.3 Å². The number of hydrogen-bond acceptors (Lipinski definition) is 5. The third-order valence-electron chi connectivity index (χ3n) is 3.71. The molecule has 5 nitrogen and oxygen atoms in total. The molecule has 0 amide bonds. The number of thiophene rings is 1. The van der Waals surface area contributed by atoms with Gasteiger partial charge in [-0.3, -0.25) is 4.79 Å². The molecule has 3 aromatic rings. The number of ketones is 1. The van der Waals surface area contributed by atoms with E-state index in [0.29, 0.717) is 34.8 Å². The maximum absolute atomic E-state index is 12.8. The van der Waals surface area contributed by atoms with E-state index in [4.69, 9.17) is 0 Å². The van der Waals surface area contributed by atoms with E-state index < -0.39 is 0 Å². The lowest BCUT2D eigenvalue weighted by atomic mass is 9.89. The minimum Gasteiger partial charge on any atom is -0.410 e. The molecule has 1 aliphatic rings. The summed E-state index contributed by atoms with van der Waals surface area (Å²) in [6.45, 7) is 0.576. The summed E-state index contributed by atoms with van der Waals surface area (Å²) in [5.41, 5.74) is 2.40. The van der Waals surface area contributed by atoms with Crippen LogP contribution in [0.1, 0.15) is 32.2 Å². The van der Waals surface area contributed by atoms with Crippen LogP contribution in [-0.4, -0.2) is 26.3 Å². The van der Waals surface area contributed by atoms with Crippen molar-refractivity contribution < 1.29 is 10.0 Å². The lowest BCUT2D eigenvalue weighted by Crippen LogP contribution is -2.24. The van der Waals surface area contributed by atoms with Gasteiger partial charge in [0.05, 0.1) is 12.9 Å². The van der Waals surface area contributed by atoms with Gasteiger partial charge in [0.15, 0.2) is 0 Å². The van der Waals surface area contributed by atoms with Gasteiger partial charge in [-0.2, -0.15) is 0 Å². The standard InChI is InChI=1S/C16H11N3O2S/c20-16-12-6-2-1-5-11(12)13(18-21)14-15(16)19(9-17-14)8-10-4-3-7-22-10/h1-7,9,21H,8H2. The molecule has 22 heavy (non-hydrogen) atoms. The fourth-order valence-electron chi connectivity index (χ4n) is 2.73. The zero-order valence-electron chi connectivity index (χ0n) is 11.4. The zero-order valence-corrected chi connectivity index (χ0v) is 12.2. The second kappa shape index (κ2) is 4.92. The Hall–Kier alpha value is -2.73. The lowest BCUT2D eigenvalue weighted by Gasteiger charge is -2.17. The number of nitrogens with zero attached hydrogens (tertiary/aromatic N) is 3. The Morgan fingerprint density at radius 1 is 1.18 bits per heavy atom. The Morgan fingerprint density at radius 3 is 2.73 bits per heavy atom. The Bertz CT molecular complexity index is 894. The smallest absolute Gasteiger partial charge is 0.212 e. The van der Waals surface area contributed by atoms with Gasteiger partial charge in [-0.05, 0) is 11.4 Å². The molecular formula is C16H11N3O2S. The topological polar surface area (TPSA) is 67.5 Å². The first-order valence-electron chi connectivity index (χ1n) is 6.73. The summed E-state index contributed by atoms with van der Waals surface area (Å²) in [4.78, 5) is 18.2. The molecule has 0 unspecified atom stereocenters. The van der Waals surface area contributed by atoms with Crippen LogP contribution in [0.2, 0.25) is 0 Å². The van der Waals surface area contributed by atoms with Gasteiger partial charge in [-0.1, -0.05) is 35.5 Å². The van der Waals surface area contributed by atoms with Crippen molar-refractivity contribution in [1.82, 2.24) is 9.55 Å². The largest absolute Gasteiger partial charge is 0.410 e. The summed E-state index contributed by atoms with van der Waals surface area (Å²) in [7, 11) is 0. The number of hydrogen-bond donors (Lipinski definition) is 1. The molecule has 0 bridgehead atoms. The highest BCUT2D eigenvalue weighted by Gasteiger charge is 2.32. The normalized spacial score (nSPS) is 14.9. The molecule has 0 fully saturated rings. The number of benzene rings is 1. The van der Waals surface area contributed by atoms with Crippen LogP contribution >= 0.6 is 11.3 Å². The molecule has 2 heterocycles. The molecule has 1 aromatic carbocycles. The molecule has 0 radical (unpaired) electrons. The molecule has 1 aliphatic carbocycles. The second-order valence-electron chi connectivity index (χ2n) is 4.97. The van der Waals surface area contributed by atoms with Crippen LogP contribution in [0.5, 0.6) is 0 Å². The van der Waals surface area contributed by atoms with Crippen molar-refractivity contribution >= 4 is 22.8 Å². The van der Waals surface area contributed by atoms with Crippen LogP contribution < -0.4 is 0 Å². The van der Waals surface area contributed by atoms with Crippen LogP contribution in [0, 0.1) is 0 Å². The predicted octanol–water partition coefficient (Wildman–Crippen LogP) is 2.76. The van der Waals surface area contributed by atoms with Crippen LogP contribution in [0.3, 0.4) is 0 Å². The lowest BCUT2D eigenvalue weighted by molar-refractivity contribution is 0.102. The summed E-state index contributed by atoms with van der Waals surface area (Å²) in [6.07, 6.45) is 1.62. The molecule has 2 aromatic heterocycles. The highest BCUT2D eigenvalue weighted by molar-refractivity contribution is 7.09. The summed E-state index contributed by atoms with van der Waals surface area (Å²) in [6, 6.07) is 11.1. The monoisotopic (exact) mass is 309 g/mol. The van der Waals surface area contributed by atoms with E-state index in [1.54, 1.807) is 35.9 Å². The molecule has 0 saturated carbocycles. The summed E-state index contributed by atoms with van der Waals surface area (Å²) < 4.78 is 1.81. The molecule has 4 rings (SSSR count). The third-order valence-corrected chi connectivity index (χ3v) is 4.57. The predicted molar refractivity (Wildman–Crippen MR) is 82.9 cm³/mol. The molecule has 1 N–H and O–H groups in total. The summed E-state index contributed by atoms with van der Waals surface area (Å²) in [5.74, 6) is -0.0907. The summed E-state index contributed by atoms with van der Waals surface area (Å²) in [5, 5.41) is 14.7. The van der Waals surface area contributed by atoms with E-state index in [1.165, 1.54) is 0 Å². The van der Waals surface area contributed by atoms with E-state index in [0.717, 1.165) is 4.88 Å². The SMILES string of the molecule is O=C1c2ccccc2C(=NO)c2ncn(Cc3cccs3)c21. The molecule has 0 aliphatic heterocycles. The molecule has 0 spiro atoms. The molecule has 0 atom stereocenters. The zero-order chi connectivity index (χ0) is 15.1. The van der Waals surface area contributed by atoms with Gasteiger partial charge in [0.1, 0.15) is 17.1 Å². The van der Waals surface area contributed by atoms with Gasteiger partial charge in [-0.25, -0.2) is 4.98 Å².